The van der Waals surface area contributed by atoms with Crippen LogP contribution in [0.2, 0.25) is 0 Å². The zero-order valence-electron chi connectivity index (χ0n) is 12.2. The lowest BCUT2D eigenvalue weighted by molar-refractivity contribution is -0.384. The number of aliphatic carboxylic acids is 1. The van der Waals surface area contributed by atoms with Gasteiger partial charge in [-0.05, 0) is 24.8 Å². The molecule has 0 spiro atoms. The molecular weight excluding hydrogens is 272 g/mol. The third kappa shape index (κ3) is 6.74. The fourth-order valence-electron chi connectivity index (χ4n) is 2.32. The largest absolute Gasteiger partial charge is 0.481 e. The Morgan fingerprint density at radius 2 is 2.14 bits per heavy atom. The summed E-state index contributed by atoms with van der Waals surface area (Å²) in [6.45, 7) is 2.77. The molecule has 0 radical (unpaired) electrons. The molecule has 116 valence electrons. The molecule has 0 bridgehead atoms. The molecule has 1 unspecified atom stereocenters. The lowest BCUT2D eigenvalue weighted by atomic mass is 9.94. The third-order valence-electron chi connectivity index (χ3n) is 3.40. The molecule has 0 fully saturated rings. The van der Waals surface area contributed by atoms with Gasteiger partial charge in [-0.15, -0.1) is 0 Å². The van der Waals surface area contributed by atoms with Gasteiger partial charge in [0.05, 0.1) is 4.92 Å². The van der Waals surface area contributed by atoms with Gasteiger partial charge in [0.25, 0.3) is 5.69 Å². The summed E-state index contributed by atoms with van der Waals surface area (Å²) < 4.78 is 0. The van der Waals surface area contributed by atoms with Crippen molar-refractivity contribution in [1.82, 2.24) is 0 Å². The molecule has 1 atom stereocenters. The first kappa shape index (κ1) is 16.9. The summed E-state index contributed by atoms with van der Waals surface area (Å²) in [6.07, 6.45) is 3.77. The van der Waals surface area contributed by atoms with Gasteiger partial charge in [-0.2, -0.15) is 0 Å². The Labute approximate surface area is 124 Å². The number of nitrogens with one attached hydrogen (secondary N) is 1. The standard InChI is InChI=1S/C15H22N2O4/c1-2-4-12(7-8-15(18)19)9-10-16-13-5-3-6-14(11-13)17(20)21/h3,5-6,11-12,16H,2,4,7-10H2,1H3,(H,18,19). The van der Waals surface area contributed by atoms with E-state index in [0.29, 0.717) is 18.9 Å². The molecule has 0 aliphatic carbocycles. The summed E-state index contributed by atoms with van der Waals surface area (Å²) in [5, 5.41) is 22.6. The second-order valence-corrected chi connectivity index (χ2v) is 5.11. The van der Waals surface area contributed by atoms with Crippen LogP contribution in [0.4, 0.5) is 11.4 Å². The smallest absolute Gasteiger partial charge is 0.303 e. The molecule has 0 aliphatic heterocycles. The van der Waals surface area contributed by atoms with Gasteiger partial charge in [0.15, 0.2) is 0 Å². The normalized spacial score (nSPS) is 11.9. The predicted octanol–water partition coefficient (Wildman–Crippen LogP) is 3.68. The molecule has 6 nitrogen and oxygen atoms in total. The number of nitro groups is 1. The number of benzene rings is 1. The molecule has 21 heavy (non-hydrogen) atoms. The van der Waals surface area contributed by atoms with Crippen LogP contribution in [0.3, 0.4) is 0 Å². The van der Waals surface area contributed by atoms with Crippen LogP contribution in [0.25, 0.3) is 0 Å². The lowest BCUT2D eigenvalue weighted by Gasteiger charge is -2.15. The van der Waals surface area contributed by atoms with Crippen molar-refractivity contribution in [3.05, 3.63) is 34.4 Å². The van der Waals surface area contributed by atoms with Crippen molar-refractivity contribution in [2.24, 2.45) is 5.92 Å². The van der Waals surface area contributed by atoms with Crippen molar-refractivity contribution in [1.29, 1.82) is 0 Å². The first-order valence-electron chi connectivity index (χ1n) is 7.23. The van der Waals surface area contributed by atoms with Gasteiger partial charge in [0.1, 0.15) is 0 Å². The van der Waals surface area contributed by atoms with E-state index in [1.807, 2.05) is 0 Å². The molecule has 0 saturated carbocycles. The number of nitro benzene ring substituents is 1. The second kappa shape index (κ2) is 8.94. The van der Waals surface area contributed by atoms with E-state index in [0.717, 1.165) is 24.9 Å². The topological polar surface area (TPSA) is 92.5 Å². The summed E-state index contributed by atoms with van der Waals surface area (Å²) in [5.74, 6) is -0.389. The number of nitrogens with zero attached hydrogens (tertiary/aromatic N) is 1. The molecule has 1 aromatic carbocycles. The molecule has 1 aromatic rings. The number of hydrogen-bond acceptors (Lipinski definition) is 4. The fourth-order valence-corrected chi connectivity index (χ4v) is 2.32. The highest BCUT2D eigenvalue weighted by molar-refractivity contribution is 5.66. The van der Waals surface area contributed by atoms with Crippen LogP contribution in [0, 0.1) is 16.0 Å². The predicted molar refractivity (Wildman–Crippen MR) is 81.5 cm³/mol. The Bertz CT molecular complexity index is 476. The number of anilines is 1. The van der Waals surface area contributed by atoms with E-state index in [1.54, 1.807) is 12.1 Å². The summed E-state index contributed by atoms with van der Waals surface area (Å²) >= 11 is 0. The van der Waals surface area contributed by atoms with Crippen LogP contribution in [-0.4, -0.2) is 22.5 Å². The number of carbonyl (C=O) groups is 1. The van der Waals surface area contributed by atoms with Crippen molar-refractivity contribution in [3.8, 4) is 0 Å². The monoisotopic (exact) mass is 294 g/mol. The number of carboxylic acids is 1. The molecule has 0 amide bonds. The molecule has 0 aliphatic rings. The Hall–Kier alpha value is -2.11. The highest BCUT2D eigenvalue weighted by Crippen LogP contribution is 2.20. The minimum atomic E-state index is -0.761. The van der Waals surface area contributed by atoms with Crippen molar-refractivity contribution < 1.29 is 14.8 Å². The maximum atomic E-state index is 10.7. The quantitative estimate of drug-likeness (QED) is 0.507. The lowest BCUT2D eigenvalue weighted by Crippen LogP contribution is -2.11. The highest BCUT2D eigenvalue weighted by atomic mass is 16.6. The molecule has 1 rings (SSSR count). The van der Waals surface area contributed by atoms with Crippen molar-refractivity contribution in [3.63, 3.8) is 0 Å². The molecule has 0 aromatic heterocycles. The maximum Gasteiger partial charge on any atom is 0.303 e. The van der Waals surface area contributed by atoms with Crippen LogP contribution >= 0.6 is 0 Å². The van der Waals surface area contributed by atoms with E-state index >= 15 is 0 Å². The van der Waals surface area contributed by atoms with Crippen LogP contribution in [0.15, 0.2) is 24.3 Å². The SMILES string of the molecule is CCCC(CCNc1cccc([N+](=O)[O-])c1)CCC(=O)O. The third-order valence-corrected chi connectivity index (χ3v) is 3.40. The van der Waals surface area contributed by atoms with E-state index in [-0.39, 0.29) is 12.1 Å². The van der Waals surface area contributed by atoms with Gasteiger partial charge >= 0.3 is 5.97 Å². The van der Waals surface area contributed by atoms with Crippen LogP contribution in [0.5, 0.6) is 0 Å². The van der Waals surface area contributed by atoms with Crippen molar-refractivity contribution in [2.75, 3.05) is 11.9 Å². The van der Waals surface area contributed by atoms with E-state index in [2.05, 4.69) is 12.2 Å². The summed E-state index contributed by atoms with van der Waals surface area (Å²) in [7, 11) is 0. The van der Waals surface area contributed by atoms with E-state index in [9.17, 15) is 14.9 Å². The van der Waals surface area contributed by atoms with E-state index in [4.69, 9.17) is 5.11 Å². The first-order valence-corrected chi connectivity index (χ1v) is 7.23. The summed E-state index contributed by atoms with van der Waals surface area (Å²) in [5.41, 5.74) is 0.786. The Balaban J connectivity index is 2.44. The van der Waals surface area contributed by atoms with Gasteiger partial charge in [-0.25, -0.2) is 0 Å². The average Bonchev–Trinajstić information content (AvgIpc) is 2.45. The Morgan fingerprint density at radius 1 is 1.38 bits per heavy atom. The molecule has 2 N–H and O–H groups in total. The minimum Gasteiger partial charge on any atom is -0.481 e. The number of non-ortho nitro benzene ring substituents is 1. The maximum absolute atomic E-state index is 10.7. The highest BCUT2D eigenvalue weighted by Gasteiger charge is 2.10. The summed E-state index contributed by atoms with van der Waals surface area (Å²) in [4.78, 5) is 20.9. The summed E-state index contributed by atoms with van der Waals surface area (Å²) in [6, 6.07) is 6.40. The number of hydrogen-bond donors (Lipinski definition) is 2. The molecular formula is C15H22N2O4. The van der Waals surface area contributed by atoms with Gasteiger partial charge in [-0.1, -0.05) is 25.8 Å². The number of carboxylic acid groups (broad SMARTS) is 1. The van der Waals surface area contributed by atoms with Crippen molar-refractivity contribution >= 4 is 17.3 Å². The Kier molecular flexibility index (Phi) is 7.21. The molecule has 0 saturated heterocycles. The minimum absolute atomic E-state index is 0.0657. The van der Waals surface area contributed by atoms with E-state index in [1.165, 1.54) is 12.1 Å². The second-order valence-electron chi connectivity index (χ2n) is 5.11. The van der Waals surface area contributed by atoms with Gasteiger partial charge in [0.2, 0.25) is 0 Å². The van der Waals surface area contributed by atoms with E-state index < -0.39 is 10.9 Å². The van der Waals surface area contributed by atoms with Gasteiger partial charge in [0, 0.05) is 30.8 Å². The Morgan fingerprint density at radius 3 is 2.76 bits per heavy atom. The van der Waals surface area contributed by atoms with Crippen LogP contribution < -0.4 is 5.32 Å². The average molecular weight is 294 g/mol. The first-order chi connectivity index (χ1) is 10.0. The van der Waals surface area contributed by atoms with Gasteiger partial charge in [-0.3, -0.25) is 14.9 Å². The molecule has 0 heterocycles. The van der Waals surface area contributed by atoms with Gasteiger partial charge < -0.3 is 10.4 Å². The zero-order chi connectivity index (χ0) is 15.7. The van der Waals surface area contributed by atoms with Crippen LogP contribution in [0.1, 0.15) is 39.0 Å². The van der Waals surface area contributed by atoms with Crippen molar-refractivity contribution in [2.45, 2.75) is 39.0 Å². The molecule has 6 heteroatoms. The zero-order valence-corrected chi connectivity index (χ0v) is 12.2. The fraction of sp³-hybridized carbons (Fsp3) is 0.533. The number of rotatable bonds is 10. The van der Waals surface area contributed by atoms with Crippen LogP contribution in [-0.2, 0) is 4.79 Å².